The Labute approximate surface area is 124 Å². The fourth-order valence-electron chi connectivity index (χ4n) is 3.02. The summed E-state index contributed by atoms with van der Waals surface area (Å²) in [5.41, 5.74) is 0.294. The standard InChI is InChI=1S/C13H22N4O3S/c1-4-9-7-6-8(3)17(9)13(18)11-12(21(14,19)20)10(5-2)15-16-11/h8-9H,4-7H2,1-3H3,(H,15,16)(H2,14,19,20). The molecule has 1 aliphatic heterocycles. The first kappa shape index (κ1) is 16.0. The topological polar surface area (TPSA) is 109 Å². The van der Waals surface area contributed by atoms with Crippen molar-refractivity contribution < 1.29 is 13.2 Å². The van der Waals surface area contributed by atoms with E-state index >= 15 is 0 Å². The number of nitrogens with zero attached hydrogens (tertiary/aromatic N) is 2. The fourth-order valence-corrected chi connectivity index (χ4v) is 3.96. The summed E-state index contributed by atoms with van der Waals surface area (Å²) in [6.45, 7) is 5.77. The van der Waals surface area contributed by atoms with Gasteiger partial charge in [-0.25, -0.2) is 13.6 Å². The predicted molar refractivity (Wildman–Crippen MR) is 78.3 cm³/mol. The minimum Gasteiger partial charge on any atom is -0.332 e. The minimum absolute atomic E-state index is 0.0811. The zero-order valence-electron chi connectivity index (χ0n) is 12.6. The molecule has 7 nitrogen and oxygen atoms in total. The van der Waals surface area contributed by atoms with E-state index in [0.29, 0.717) is 12.1 Å². The molecule has 1 aromatic rings. The molecule has 1 aliphatic rings. The summed E-state index contributed by atoms with van der Waals surface area (Å²) >= 11 is 0. The van der Waals surface area contributed by atoms with Gasteiger partial charge in [0, 0.05) is 12.1 Å². The summed E-state index contributed by atoms with van der Waals surface area (Å²) in [6.07, 6.45) is 3.10. The van der Waals surface area contributed by atoms with E-state index < -0.39 is 10.0 Å². The Bertz CT molecular complexity index is 638. The van der Waals surface area contributed by atoms with Crippen molar-refractivity contribution in [1.29, 1.82) is 0 Å². The van der Waals surface area contributed by atoms with Gasteiger partial charge in [-0.2, -0.15) is 5.10 Å². The summed E-state index contributed by atoms with van der Waals surface area (Å²) in [6, 6.07) is 0.208. The highest BCUT2D eigenvalue weighted by Crippen LogP contribution is 2.29. The van der Waals surface area contributed by atoms with Crippen molar-refractivity contribution in [2.45, 2.75) is 63.4 Å². The number of rotatable bonds is 4. The molecule has 21 heavy (non-hydrogen) atoms. The van der Waals surface area contributed by atoms with Gasteiger partial charge in [-0.05, 0) is 32.6 Å². The maximum atomic E-state index is 12.7. The number of H-pyrrole nitrogens is 1. The summed E-state index contributed by atoms with van der Waals surface area (Å²) in [4.78, 5) is 14.3. The van der Waals surface area contributed by atoms with Crippen LogP contribution in [0.4, 0.5) is 0 Å². The Morgan fingerprint density at radius 1 is 1.43 bits per heavy atom. The zero-order valence-corrected chi connectivity index (χ0v) is 13.4. The Kier molecular flexibility index (Phi) is 4.38. The molecule has 0 aromatic carbocycles. The van der Waals surface area contributed by atoms with Crippen molar-refractivity contribution in [3.63, 3.8) is 0 Å². The molecule has 2 rings (SSSR count). The molecule has 3 N–H and O–H groups in total. The van der Waals surface area contributed by atoms with Crippen LogP contribution in [0.25, 0.3) is 0 Å². The number of hydrogen-bond donors (Lipinski definition) is 2. The van der Waals surface area contributed by atoms with Gasteiger partial charge in [-0.3, -0.25) is 9.89 Å². The number of aromatic amines is 1. The third-order valence-electron chi connectivity index (χ3n) is 4.12. The van der Waals surface area contributed by atoms with Crippen LogP contribution in [-0.4, -0.2) is 41.5 Å². The lowest BCUT2D eigenvalue weighted by molar-refractivity contribution is 0.0666. The van der Waals surface area contributed by atoms with E-state index in [4.69, 9.17) is 5.14 Å². The van der Waals surface area contributed by atoms with E-state index in [-0.39, 0.29) is 28.6 Å². The highest BCUT2D eigenvalue weighted by Gasteiger charge is 2.37. The molecule has 2 atom stereocenters. The van der Waals surface area contributed by atoms with Crippen LogP contribution in [0.3, 0.4) is 0 Å². The number of sulfonamides is 1. The number of primary sulfonamides is 1. The second kappa shape index (κ2) is 5.76. The zero-order chi connectivity index (χ0) is 15.8. The van der Waals surface area contributed by atoms with Crippen molar-refractivity contribution in [2.24, 2.45) is 5.14 Å². The molecule has 0 spiro atoms. The number of nitrogens with one attached hydrogen (secondary N) is 1. The highest BCUT2D eigenvalue weighted by molar-refractivity contribution is 7.89. The van der Waals surface area contributed by atoms with E-state index in [1.807, 2.05) is 13.8 Å². The average Bonchev–Trinajstić information content (AvgIpc) is 3.00. The van der Waals surface area contributed by atoms with Crippen LogP contribution in [0.2, 0.25) is 0 Å². The highest BCUT2D eigenvalue weighted by atomic mass is 32.2. The molecule has 1 fully saturated rings. The summed E-state index contributed by atoms with van der Waals surface area (Å²) in [5.74, 6) is -0.355. The molecule has 1 amide bonds. The largest absolute Gasteiger partial charge is 0.332 e. The number of carbonyl (C=O) groups is 1. The van der Waals surface area contributed by atoms with Gasteiger partial charge in [0.1, 0.15) is 4.90 Å². The van der Waals surface area contributed by atoms with Crippen LogP contribution >= 0.6 is 0 Å². The lowest BCUT2D eigenvalue weighted by Gasteiger charge is -2.27. The van der Waals surface area contributed by atoms with Crippen molar-refractivity contribution in [1.82, 2.24) is 15.1 Å². The molecular formula is C13H22N4O3S. The predicted octanol–water partition coefficient (Wildman–Crippen LogP) is 1.02. The Balaban J connectivity index is 2.47. The Morgan fingerprint density at radius 3 is 2.62 bits per heavy atom. The molecule has 2 unspecified atom stereocenters. The van der Waals surface area contributed by atoms with Gasteiger partial charge in [0.2, 0.25) is 10.0 Å². The van der Waals surface area contributed by atoms with Crippen LogP contribution in [-0.2, 0) is 16.4 Å². The molecule has 118 valence electrons. The minimum atomic E-state index is -3.99. The third-order valence-corrected chi connectivity index (χ3v) is 5.13. The molecule has 1 saturated heterocycles. The van der Waals surface area contributed by atoms with Gasteiger partial charge in [0.15, 0.2) is 5.69 Å². The van der Waals surface area contributed by atoms with E-state index in [2.05, 4.69) is 10.2 Å². The van der Waals surface area contributed by atoms with Crippen LogP contribution in [0.15, 0.2) is 4.90 Å². The quantitative estimate of drug-likeness (QED) is 0.864. The first-order valence-electron chi connectivity index (χ1n) is 7.23. The van der Waals surface area contributed by atoms with E-state index in [0.717, 1.165) is 19.3 Å². The summed E-state index contributed by atoms with van der Waals surface area (Å²) in [7, 11) is -3.99. The van der Waals surface area contributed by atoms with Gasteiger partial charge in [0.05, 0.1) is 5.69 Å². The third kappa shape index (κ3) is 2.82. The van der Waals surface area contributed by atoms with Gasteiger partial charge >= 0.3 is 0 Å². The number of likely N-dealkylation sites (tertiary alicyclic amines) is 1. The van der Waals surface area contributed by atoms with Crippen molar-refractivity contribution in [3.8, 4) is 0 Å². The lowest BCUT2D eigenvalue weighted by atomic mass is 10.1. The molecular weight excluding hydrogens is 292 g/mol. The molecule has 0 aliphatic carbocycles. The Hall–Kier alpha value is -1.41. The SMILES string of the molecule is CCc1[nH]nc(C(=O)N2C(C)CCC2CC)c1S(N)(=O)=O. The van der Waals surface area contributed by atoms with Gasteiger partial charge in [0.25, 0.3) is 5.91 Å². The summed E-state index contributed by atoms with van der Waals surface area (Å²) in [5, 5.41) is 11.8. The lowest BCUT2D eigenvalue weighted by Crippen LogP contribution is -2.40. The number of hydrogen-bond acceptors (Lipinski definition) is 4. The van der Waals surface area contributed by atoms with Crippen LogP contribution < -0.4 is 5.14 Å². The second-order valence-corrected chi connectivity index (χ2v) is 6.98. The van der Waals surface area contributed by atoms with E-state index in [1.165, 1.54) is 0 Å². The second-order valence-electron chi connectivity index (χ2n) is 5.48. The smallest absolute Gasteiger partial charge is 0.276 e. The van der Waals surface area contributed by atoms with E-state index in [9.17, 15) is 13.2 Å². The maximum Gasteiger partial charge on any atom is 0.276 e. The molecule has 0 radical (unpaired) electrons. The number of aryl methyl sites for hydroxylation is 1. The normalized spacial score (nSPS) is 22.8. The number of carbonyl (C=O) groups excluding carboxylic acids is 1. The van der Waals surface area contributed by atoms with Gasteiger partial charge < -0.3 is 4.90 Å². The van der Waals surface area contributed by atoms with Crippen LogP contribution in [0.1, 0.15) is 56.2 Å². The van der Waals surface area contributed by atoms with E-state index in [1.54, 1.807) is 11.8 Å². The number of amides is 1. The van der Waals surface area contributed by atoms with Crippen LogP contribution in [0, 0.1) is 0 Å². The molecule has 0 saturated carbocycles. The number of aromatic nitrogens is 2. The van der Waals surface area contributed by atoms with Gasteiger partial charge in [-0.15, -0.1) is 0 Å². The first-order chi connectivity index (χ1) is 9.81. The van der Waals surface area contributed by atoms with Crippen molar-refractivity contribution in [3.05, 3.63) is 11.4 Å². The first-order valence-corrected chi connectivity index (χ1v) is 8.78. The maximum absolute atomic E-state index is 12.7. The molecule has 1 aromatic heterocycles. The molecule has 0 bridgehead atoms. The molecule has 2 heterocycles. The van der Waals surface area contributed by atoms with Crippen molar-refractivity contribution in [2.75, 3.05) is 0 Å². The Morgan fingerprint density at radius 2 is 2.10 bits per heavy atom. The number of nitrogens with two attached hydrogens (primary N) is 1. The molecule has 8 heteroatoms. The van der Waals surface area contributed by atoms with Gasteiger partial charge in [-0.1, -0.05) is 13.8 Å². The fraction of sp³-hybridized carbons (Fsp3) is 0.692. The summed E-state index contributed by atoms with van der Waals surface area (Å²) < 4.78 is 23.6. The monoisotopic (exact) mass is 314 g/mol. The van der Waals surface area contributed by atoms with Crippen molar-refractivity contribution >= 4 is 15.9 Å². The van der Waals surface area contributed by atoms with Crippen LogP contribution in [0.5, 0.6) is 0 Å². The average molecular weight is 314 g/mol.